The van der Waals surface area contributed by atoms with Crippen LogP contribution in [0.15, 0.2) is 24.3 Å². The summed E-state index contributed by atoms with van der Waals surface area (Å²) < 4.78 is 0. The van der Waals surface area contributed by atoms with Crippen molar-refractivity contribution in [3.05, 3.63) is 35.4 Å². The zero-order valence-electron chi connectivity index (χ0n) is 10.6. The zero-order chi connectivity index (χ0) is 13.3. The van der Waals surface area contributed by atoms with Gasteiger partial charge in [-0.3, -0.25) is 4.79 Å². The number of carboxylic acid groups (broad SMARTS) is 1. The molecule has 0 bridgehead atoms. The molecule has 2 N–H and O–H groups in total. The first-order chi connectivity index (χ1) is 8.43. The van der Waals surface area contributed by atoms with Crippen LogP contribution in [0, 0.1) is 12.8 Å². The molecule has 96 valence electrons. The second kappa shape index (κ2) is 4.44. The van der Waals surface area contributed by atoms with E-state index in [1.54, 1.807) is 25.1 Å². The van der Waals surface area contributed by atoms with Crippen LogP contribution in [-0.4, -0.2) is 22.5 Å². The van der Waals surface area contributed by atoms with Gasteiger partial charge in [0.05, 0.1) is 0 Å². The number of carbonyl (C=O) groups is 2. The summed E-state index contributed by atoms with van der Waals surface area (Å²) in [5.41, 5.74) is 0.329. The second-order valence-corrected chi connectivity index (χ2v) is 5.11. The third kappa shape index (κ3) is 2.37. The molecule has 18 heavy (non-hydrogen) atoms. The quantitative estimate of drug-likeness (QED) is 0.855. The van der Waals surface area contributed by atoms with E-state index in [-0.39, 0.29) is 11.8 Å². The first-order valence-electron chi connectivity index (χ1n) is 6.06. The van der Waals surface area contributed by atoms with Gasteiger partial charge in [0, 0.05) is 5.56 Å². The number of aryl methyl sites for hydroxylation is 1. The maximum atomic E-state index is 12.1. The van der Waals surface area contributed by atoms with Crippen LogP contribution in [0.4, 0.5) is 0 Å². The Balaban J connectivity index is 2.17. The molecule has 0 aromatic heterocycles. The first kappa shape index (κ1) is 12.6. The third-order valence-corrected chi connectivity index (χ3v) is 3.49. The fourth-order valence-corrected chi connectivity index (χ4v) is 2.09. The van der Waals surface area contributed by atoms with Crippen LogP contribution in [0.3, 0.4) is 0 Å². The molecule has 4 nitrogen and oxygen atoms in total. The molecule has 0 spiro atoms. The van der Waals surface area contributed by atoms with E-state index in [2.05, 4.69) is 5.32 Å². The number of aliphatic carboxylic acids is 1. The predicted octanol–water partition coefficient (Wildman–Crippen LogP) is 1.98. The van der Waals surface area contributed by atoms with Gasteiger partial charge in [-0.25, -0.2) is 4.79 Å². The lowest BCUT2D eigenvalue weighted by Crippen LogP contribution is -2.54. The Morgan fingerprint density at radius 3 is 2.56 bits per heavy atom. The molecule has 0 saturated heterocycles. The number of amides is 1. The van der Waals surface area contributed by atoms with E-state index in [1.807, 2.05) is 13.0 Å². The summed E-state index contributed by atoms with van der Waals surface area (Å²) in [5.74, 6) is -1.25. The molecule has 1 aliphatic carbocycles. The van der Waals surface area contributed by atoms with Gasteiger partial charge in [0.2, 0.25) is 0 Å². The number of carbonyl (C=O) groups excluding carboxylic acids is 1. The number of rotatable bonds is 4. The minimum Gasteiger partial charge on any atom is -0.480 e. The van der Waals surface area contributed by atoms with Crippen molar-refractivity contribution < 1.29 is 14.7 Å². The van der Waals surface area contributed by atoms with Crippen molar-refractivity contribution >= 4 is 11.9 Å². The SMILES string of the molecule is Cc1cccc(C(=O)NC(C)(C(=O)O)C2CC2)c1. The minimum absolute atomic E-state index is 0.0451. The van der Waals surface area contributed by atoms with E-state index in [0.29, 0.717) is 5.56 Å². The Morgan fingerprint density at radius 2 is 2.06 bits per heavy atom. The summed E-state index contributed by atoms with van der Waals surface area (Å²) in [4.78, 5) is 23.4. The molecular formula is C14H17NO3. The Morgan fingerprint density at radius 1 is 1.39 bits per heavy atom. The van der Waals surface area contributed by atoms with Crippen molar-refractivity contribution in [2.45, 2.75) is 32.2 Å². The molecule has 1 fully saturated rings. The molecular weight excluding hydrogens is 230 g/mol. The summed E-state index contributed by atoms with van der Waals surface area (Å²) in [6.45, 7) is 3.48. The van der Waals surface area contributed by atoms with Gasteiger partial charge in [0.25, 0.3) is 5.91 Å². The number of hydrogen-bond donors (Lipinski definition) is 2. The average molecular weight is 247 g/mol. The lowest BCUT2D eigenvalue weighted by atomic mass is 9.95. The molecule has 0 aliphatic heterocycles. The second-order valence-electron chi connectivity index (χ2n) is 5.11. The minimum atomic E-state index is -1.15. The molecule has 0 radical (unpaired) electrons. The van der Waals surface area contributed by atoms with E-state index < -0.39 is 11.5 Å². The van der Waals surface area contributed by atoms with E-state index in [0.717, 1.165) is 18.4 Å². The molecule has 1 atom stereocenters. The third-order valence-electron chi connectivity index (χ3n) is 3.49. The predicted molar refractivity (Wildman–Crippen MR) is 67.4 cm³/mol. The fourth-order valence-electron chi connectivity index (χ4n) is 2.09. The smallest absolute Gasteiger partial charge is 0.329 e. The summed E-state index contributed by atoms with van der Waals surface area (Å²) in [6, 6.07) is 7.13. The highest BCUT2D eigenvalue weighted by Crippen LogP contribution is 2.39. The van der Waals surface area contributed by atoms with Crippen molar-refractivity contribution in [2.24, 2.45) is 5.92 Å². The van der Waals surface area contributed by atoms with E-state index in [1.165, 1.54) is 0 Å². The molecule has 1 aromatic rings. The number of hydrogen-bond acceptors (Lipinski definition) is 2. The molecule has 4 heteroatoms. The van der Waals surface area contributed by atoms with Crippen LogP contribution >= 0.6 is 0 Å². The van der Waals surface area contributed by atoms with E-state index in [4.69, 9.17) is 0 Å². The molecule has 1 saturated carbocycles. The highest BCUT2D eigenvalue weighted by molar-refractivity contribution is 5.98. The van der Waals surface area contributed by atoms with Crippen LogP contribution in [-0.2, 0) is 4.79 Å². The average Bonchev–Trinajstić information content (AvgIpc) is 3.12. The first-order valence-corrected chi connectivity index (χ1v) is 6.06. The van der Waals surface area contributed by atoms with Crippen molar-refractivity contribution in [2.75, 3.05) is 0 Å². The van der Waals surface area contributed by atoms with Gasteiger partial charge >= 0.3 is 5.97 Å². The van der Waals surface area contributed by atoms with Crippen molar-refractivity contribution in [1.29, 1.82) is 0 Å². The highest BCUT2D eigenvalue weighted by atomic mass is 16.4. The van der Waals surface area contributed by atoms with Gasteiger partial charge in [0.15, 0.2) is 0 Å². The summed E-state index contributed by atoms with van der Waals surface area (Å²) in [5, 5.41) is 11.9. The Labute approximate surface area is 106 Å². The molecule has 1 unspecified atom stereocenters. The van der Waals surface area contributed by atoms with Crippen LogP contribution in [0.2, 0.25) is 0 Å². The standard InChI is InChI=1S/C14H17NO3/c1-9-4-3-5-10(8-9)12(16)15-14(2,13(17)18)11-6-7-11/h3-5,8,11H,6-7H2,1-2H3,(H,15,16)(H,17,18). The maximum Gasteiger partial charge on any atom is 0.329 e. The summed E-state index contributed by atoms with van der Waals surface area (Å²) >= 11 is 0. The number of benzene rings is 1. The van der Waals surface area contributed by atoms with Crippen LogP contribution < -0.4 is 5.32 Å². The van der Waals surface area contributed by atoms with Crippen molar-refractivity contribution in [3.8, 4) is 0 Å². The monoisotopic (exact) mass is 247 g/mol. The molecule has 2 rings (SSSR count). The summed E-state index contributed by atoms with van der Waals surface area (Å²) in [6.07, 6.45) is 1.72. The normalized spacial score (nSPS) is 17.9. The molecule has 1 aromatic carbocycles. The van der Waals surface area contributed by atoms with Gasteiger partial charge in [-0.1, -0.05) is 17.7 Å². The maximum absolute atomic E-state index is 12.1. The fraction of sp³-hybridized carbons (Fsp3) is 0.429. The molecule has 0 heterocycles. The number of carboxylic acids is 1. The lowest BCUT2D eigenvalue weighted by molar-refractivity contribution is -0.144. The van der Waals surface area contributed by atoms with Crippen LogP contribution in [0.5, 0.6) is 0 Å². The number of nitrogens with one attached hydrogen (secondary N) is 1. The van der Waals surface area contributed by atoms with E-state index >= 15 is 0 Å². The molecule has 1 amide bonds. The van der Waals surface area contributed by atoms with Crippen LogP contribution in [0.25, 0.3) is 0 Å². The Bertz CT molecular complexity index is 494. The van der Waals surface area contributed by atoms with Crippen molar-refractivity contribution in [3.63, 3.8) is 0 Å². The topological polar surface area (TPSA) is 66.4 Å². The van der Waals surface area contributed by atoms with Gasteiger partial charge in [-0.05, 0) is 44.7 Å². The lowest BCUT2D eigenvalue weighted by Gasteiger charge is -2.26. The Hall–Kier alpha value is -1.84. The zero-order valence-corrected chi connectivity index (χ0v) is 10.6. The summed E-state index contributed by atoms with van der Waals surface area (Å²) in [7, 11) is 0. The van der Waals surface area contributed by atoms with Gasteiger partial charge in [-0.2, -0.15) is 0 Å². The van der Waals surface area contributed by atoms with Crippen LogP contribution in [0.1, 0.15) is 35.7 Å². The highest BCUT2D eigenvalue weighted by Gasteiger charge is 2.48. The molecule has 1 aliphatic rings. The van der Waals surface area contributed by atoms with Gasteiger partial charge in [0.1, 0.15) is 5.54 Å². The van der Waals surface area contributed by atoms with Gasteiger partial charge in [-0.15, -0.1) is 0 Å². The largest absolute Gasteiger partial charge is 0.480 e. The van der Waals surface area contributed by atoms with Gasteiger partial charge < -0.3 is 10.4 Å². The van der Waals surface area contributed by atoms with E-state index in [9.17, 15) is 14.7 Å². The van der Waals surface area contributed by atoms with Crippen molar-refractivity contribution in [1.82, 2.24) is 5.32 Å². The Kier molecular flexibility index (Phi) is 3.11.